The quantitative estimate of drug-likeness (QED) is 0.836. The van der Waals surface area contributed by atoms with Crippen molar-refractivity contribution in [2.45, 2.75) is 57.5 Å². The van der Waals surface area contributed by atoms with Crippen LogP contribution in [0.3, 0.4) is 0 Å². The van der Waals surface area contributed by atoms with Gasteiger partial charge in [-0.1, -0.05) is 6.92 Å². The number of nitrogens with one attached hydrogen (secondary N) is 1. The standard InChI is InChI=1S/C15H27N3O2/c1-4-12-7-5-10-18(12)13(19)11-17-9-6-8-15(2,16-3)14(17)20/h12,16H,4-11H2,1-3H3/t12-,15+/m0/s1. The summed E-state index contributed by atoms with van der Waals surface area (Å²) in [5.41, 5.74) is -0.506. The van der Waals surface area contributed by atoms with Gasteiger partial charge in [0.25, 0.3) is 0 Å². The van der Waals surface area contributed by atoms with E-state index < -0.39 is 5.54 Å². The zero-order valence-corrected chi connectivity index (χ0v) is 12.9. The Balaban J connectivity index is 1.99. The first-order chi connectivity index (χ1) is 9.51. The van der Waals surface area contributed by atoms with E-state index in [0.717, 1.165) is 38.6 Å². The molecule has 1 N–H and O–H groups in total. The van der Waals surface area contributed by atoms with Gasteiger partial charge >= 0.3 is 0 Å². The van der Waals surface area contributed by atoms with Crippen LogP contribution in [0.1, 0.15) is 46.0 Å². The van der Waals surface area contributed by atoms with Gasteiger partial charge in [0.2, 0.25) is 11.8 Å². The average molecular weight is 281 g/mol. The van der Waals surface area contributed by atoms with Crippen LogP contribution in [0.5, 0.6) is 0 Å². The summed E-state index contributed by atoms with van der Waals surface area (Å²) in [6.45, 7) is 5.85. The normalized spacial score (nSPS) is 30.9. The maximum atomic E-state index is 12.5. The van der Waals surface area contributed by atoms with Crippen LogP contribution >= 0.6 is 0 Å². The van der Waals surface area contributed by atoms with Gasteiger partial charge in [-0.3, -0.25) is 9.59 Å². The largest absolute Gasteiger partial charge is 0.338 e. The number of hydrogen-bond donors (Lipinski definition) is 1. The maximum Gasteiger partial charge on any atom is 0.243 e. The Morgan fingerprint density at radius 1 is 1.40 bits per heavy atom. The number of likely N-dealkylation sites (N-methyl/N-ethyl adjacent to an activating group) is 1. The molecule has 2 saturated heterocycles. The summed E-state index contributed by atoms with van der Waals surface area (Å²) in [4.78, 5) is 28.6. The summed E-state index contributed by atoms with van der Waals surface area (Å²) in [7, 11) is 1.82. The van der Waals surface area contributed by atoms with Gasteiger partial charge in [0, 0.05) is 19.1 Å². The molecular formula is C15H27N3O2. The summed E-state index contributed by atoms with van der Waals surface area (Å²) in [6, 6.07) is 0.373. The van der Waals surface area contributed by atoms with Gasteiger partial charge in [0.05, 0.1) is 12.1 Å². The molecule has 0 saturated carbocycles. The van der Waals surface area contributed by atoms with Crippen LogP contribution in [0.25, 0.3) is 0 Å². The molecule has 0 aromatic rings. The van der Waals surface area contributed by atoms with Crippen LogP contribution in [0.4, 0.5) is 0 Å². The Bertz CT molecular complexity index is 385. The Kier molecular flexibility index (Phi) is 4.68. The molecule has 2 rings (SSSR count). The smallest absolute Gasteiger partial charge is 0.243 e. The highest BCUT2D eigenvalue weighted by atomic mass is 16.2. The van der Waals surface area contributed by atoms with Crippen molar-refractivity contribution in [3.05, 3.63) is 0 Å². The van der Waals surface area contributed by atoms with Crippen molar-refractivity contribution in [3.8, 4) is 0 Å². The van der Waals surface area contributed by atoms with Crippen LogP contribution in [0.15, 0.2) is 0 Å². The van der Waals surface area contributed by atoms with Crippen molar-refractivity contribution >= 4 is 11.8 Å². The average Bonchev–Trinajstić information content (AvgIpc) is 2.92. The van der Waals surface area contributed by atoms with Gasteiger partial charge in [0.15, 0.2) is 0 Å². The third-order valence-electron chi connectivity index (χ3n) is 4.91. The Labute approximate surface area is 121 Å². The lowest BCUT2D eigenvalue weighted by atomic mass is 9.90. The van der Waals surface area contributed by atoms with E-state index in [1.54, 1.807) is 4.90 Å². The second kappa shape index (κ2) is 6.12. The molecular weight excluding hydrogens is 254 g/mol. The summed E-state index contributed by atoms with van der Waals surface area (Å²) in [5.74, 6) is 0.176. The molecule has 0 aliphatic carbocycles. The minimum absolute atomic E-state index is 0.0619. The molecule has 0 bridgehead atoms. The predicted octanol–water partition coefficient (Wildman–Crippen LogP) is 0.988. The molecule has 5 nitrogen and oxygen atoms in total. The van der Waals surface area contributed by atoms with Crippen molar-refractivity contribution < 1.29 is 9.59 Å². The van der Waals surface area contributed by atoms with Gasteiger partial charge in [-0.05, 0) is 46.1 Å². The summed E-state index contributed by atoms with van der Waals surface area (Å²) < 4.78 is 0. The van der Waals surface area contributed by atoms with E-state index in [0.29, 0.717) is 12.6 Å². The Morgan fingerprint density at radius 3 is 2.80 bits per heavy atom. The Morgan fingerprint density at radius 2 is 2.15 bits per heavy atom. The van der Waals surface area contributed by atoms with E-state index in [9.17, 15) is 9.59 Å². The SMILES string of the molecule is CC[C@H]1CCCN1C(=O)CN1CCC[C@@](C)(NC)C1=O. The number of rotatable bonds is 4. The minimum Gasteiger partial charge on any atom is -0.338 e. The molecule has 2 aliphatic rings. The third kappa shape index (κ3) is 2.82. The summed E-state index contributed by atoms with van der Waals surface area (Å²) >= 11 is 0. The summed E-state index contributed by atoms with van der Waals surface area (Å²) in [6.07, 6.45) is 4.99. The van der Waals surface area contributed by atoms with Crippen molar-refractivity contribution in [1.82, 2.24) is 15.1 Å². The van der Waals surface area contributed by atoms with Crippen molar-refractivity contribution in [2.24, 2.45) is 0 Å². The number of amides is 2. The van der Waals surface area contributed by atoms with Gasteiger partial charge in [-0.2, -0.15) is 0 Å². The third-order valence-corrected chi connectivity index (χ3v) is 4.91. The highest BCUT2D eigenvalue weighted by Crippen LogP contribution is 2.24. The van der Waals surface area contributed by atoms with Crippen LogP contribution in [-0.2, 0) is 9.59 Å². The van der Waals surface area contributed by atoms with Gasteiger partial charge in [-0.15, -0.1) is 0 Å². The van der Waals surface area contributed by atoms with E-state index in [1.807, 2.05) is 18.9 Å². The second-order valence-corrected chi connectivity index (χ2v) is 6.20. The lowest BCUT2D eigenvalue weighted by Crippen LogP contribution is -2.60. The molecule has 2 fully saturated rings. The minimum atomic E-state index is -0.506. The fraction of sp³-hybridized carbons (Fsp3) is 0.867. The predicted molar refractivity (Wildman–Crippen MR) is 78.3 cm³/mol. The molecule has 5 heteroatoms. The van der Waals surface area contributed by atoms with Crippen molar-refractivity contribution in [1.29, 1.82) is 0 Å². The number of nitrogens with zero attached hydrogens (tertiary/aromatic N) is 2. The van der Waals surface area contributed by atoms with Crippen molar-refractivity contribution in [2.75, 3.05) is 26.7 Å². The first-order valence-corrected chi connectivity index (χ1v) is 7.79. The number of hydrogen-bond acceptors (Lipinski definition) is 3. The Hall–Kier alpha value is -1.10. The zero-order chi connectivity index (χ0) is 14.8. The van der Waals surface area contributed by atoms with E-state index in [2.05, 4.69) is 12.2 Å². The number of carbonyl (C=O) groups excluding carboxylic acids is 2. The molecule has 0 unspecified atom stereocenters. The summed E-state index contributed by atoms with van der Waals surface area (Å²) in [5, 5.41) is 3.11. The molecule has 0 aromatic heterocycles. The van der Waals surface area contributed by atoms with E-state index in [4.69, 9.17) is 0 Å². The highest BCUT2D eigenvalue weighted by Gasteiger charge is 2.40. The number of piperidine rings is 1. The molecule has 114 valence electrons. The fourth-order valence-electron chi connectivity index (χ4n) is 3.41. The lowest BCUT2D eigenvalue weighted by molar-refractivity contribution is -0.147. The molecule has 2 aliphatic heterocycles. The topological polar surface area (TPSA) is 52.7 Å². The molecule has 2 amide bonds. The van der Waals surface area contributed by atoms with E-state index >= 15 is 0 Å². The zero-order valence-electron chi connectivity index (χ0n) is 12.9. The first-order valence-electron chi connectivity index (χ1n) is 7.79. The maximum absolute atomic E-state index is 12.5. The molecule has 0 radical (unpaired) electrons. The van der Waals surface area contributed by atoms with Crippen LogP contribution in [-0.4, -0.2) is 59.9 Å². The van der Waals surface area contributed by atoms with Crippen LogP contribution in [0.2, 0.25) is 0 Å². The second-order valence-electron chi connectivity index (χ2n) is 6.20. The molecule has 2 atom stereocenters. The first kappa shape index (κ1) is 15.3. The monoisotopic (exact) mass is 281 g/mol. The van der Waals surface area contributed by atoms with Crippen molar-refractivity contribution in [3.63, 3.8) is 0 Å². The lowest BCUT2D eigenvalue weighted by Gasteiger charge is -2.39. The number of likely N-dealkylation sites (tertiary alicyclic amines) is 2. The van der Waals surface area contributed by atoms with Gasteiger partial charge < -0.3 is 15.1 Å². The van der Waals surface area contributed by atoms with Crippen LogP contribution in [0, 0.1) is 0 Å². The van der Waals surface area contributed by atoms with Gasteiger partial charge in [-0.25, -0.2) is 0 Å². The molecule has 2 heterocycles. The molecule has 0 spiro atoms. The van der Waals surface area contributed by atoms with E-state index in [-0.39, 0.29) is 18.4 Å². The van der Waals surface area contributed by atoms with Gasteiger partial charge in [0.1, 0.15) is 0 Å². The molecule has 0 aromatic carbocycles. The highest BCUT2D eigenvalue weighted by molar-refractivity contribution is 5.90. The molecule has 20 heavy (non-hydrogen) atoms. The fourth-order valence-corrected chi connectivity index (χ4v) is 3.41. The van der Waals surface area contributed by atoms with Crippen LogP contribution < -0.4 is 5.32 Å². The van der Waals surface area contributed by atoms with E-state index in [1.165, 1.54) is 0 Å². The number of carbonyl (C=O) groups is 2.